The highest BCUT2D eigenvalue weighted by Crippen LogP contribution is 2.37. The Morgan fingerprint density at radius 2 is 0.957 bits per heavy atom. The van der Waals surface area contributed by atoms with Gasteiger partial charge in [-0.05, 0) is 66.7 Å². The Kier molecular flexibility index (Phi) is 18.6. The van der Waals surface area contributed by atoms with E-state index in [1.54, 1.807) is 78.9 Å². The van der Waals surface area contributed by atoms with Crippen LogP contribution in [0.4, 0.5) is 0 Å². The van der Waals surface area contributed by atoms with E-state index in [9.17, 15) is 28.8 Å². The normalized spacial score (nSPS) is 24.4. The van der Waals surface area contributed by atoms with E-state index in [4.69, 9.17) is 52.1 Å². The molecule has 0 N–H and O–H groups in total. The molecule has 2 fully saturated rings. The van der Waals surface area contributed by atoms with Crippen LogP contribution in [0.3, 0.4) is 0 Å². The number of carbonyl (C=O) groups excluding carboxylic acids is 6. The van der Waals surface area contributed by atoms with Gasteiger partial charge in [0.05, 0.1) is 29.4 Å². The van der Waals surface area contributed by atoms with E-state index in [1.807, 2.05) is 0 Å². The molecule has 0 aliphatic carbocycles. The third kappa shape index (κ3) is 14.5. The van der Waals surface area contributed by atoms with Gasteiger partial charge in [0.2, 0.25) is 0 Å². The molecule has 10 atom stereocenters. The van der Waals surface area contributed by atoms with Crippen molar-refractivity contribution in [3.8, 4) is 5.75 Å². The van der Waals surface area contributed by atoms with E-state index < -0.39 is 112 Å². The van der Waals surface area contributed by atoms with Gasteiger partial charge in [-0.15, -0.1) is 0 Å². The number of benzene rings is 4. The first-order chi connectivity index (χ1) is 33.0. The number of carbonyl (C=O) groups is 6. The van der Waals surface area contributed by atoms with Gasteiger partial charge in [-0.1, -0.05) is 90.2 Å². The molecule has 0 saturated carbocycles. The topological polar surface area (TPSA) is 204 Å². The van der Waals surface area contributed by atoms with Crippen LogP contribution < -0.4 is 4.74 Å². The van der Waals surface area contributed by atoms with Crippen molar-refractivity contribution >= 4 is 59.8 Å². The zero-order valence-corrected chi connectivity index (χ0v) is 41.5. The summed E-state index contributed by atoms with van der Waals surface area (Å²) in [6.45, 7) is 8.20. The van der Waals surface area contributed by atoms with Gasteiger partial charge >= 0.3 is 35.8 Å². The molecule has 2 heterocycles. The maximum atomic E-state index is 14.2. The van der Waals surface area contributed by atoms with Crippen LogP contribution in [0.1, 0.15) is 55.3 Å². The van der Waals surface area contributed by atoms with Gasteiger partial charge in [0.15, 0.2) is 43.1 Å². The highest BCUT2D eigenvalue weighted by atomic mass is 79.9. The average Bonchev–Trinajstić information content (AvgIpc) is 3.34. The van der Waals surface area contributed by atoms with Crippen molar-refractivity contribution in [3.05, 3.63) is 138 Å². The standard InChI is InChI=1S/C50H55BrO17Si/c1-30(52)61-41-39(65-48(57)35-22-24-36(58-3)25-23-35)37(28-51)63-50(44(41)62-31(2)53)68-40-38(29-60-45(54)32-16-10-7-11-17-32)64-49(59-26-27-69(4,5)6)43(67-47(56)34-20-14-9-15-21-34)42(40)66-46(55)33-18-12-8-13-19-33/h7-25,37-44,49-50H,26-29H2,1-6H3/t37-,38-,39+,40+,41+,42+,43-,44-,49-,50-/m1/s1. The average molecular weight is 1040 g/mol. The van der Waals surface area contributed by atoms with Crippen molar-refractivity contribution in [2.45, 2.75) is 101 Å². The number of rotatable bonds is 19. The van der Waals surface area contributed by atoms with Crippen molar-refractivity contribution in [2.75, 3.05) is 25.7 Å². The Hall–Kier alpha value is -5.96. The summed E-state index contributed by atoms with van der Waals surface area (Å²) in [5, 5.41) is -0.0615. The fourth-order valence-electron chi connectivity index (χ4n) is 7.37. The molecule has 0 radical (unpaired) electrons. The van der Waals surface area contributed by atoms with E-state index in [0.717, 1.165) is 13.8 Å². The molecule has 2 saturated heterocycles. The molecule has 4 aromatic carbocycles. The second-order valence-corrected chi connectivity index (χ2v) is 23.5. The molecule has 19 heteroatoms. The molecule has 0 unspecified atom stereocenters. The minimum Gasteiger partial charge on any atom is -0.497 e. The zero-order valence-electron chi connectivity index (χ0n) is 38.9. The van der Waals surface area contributed by atoms with Crippen molar-refractivity contribution in [1.29, 1.82) is 0 Å². The van der Waals surface area contributed by atoms with Crippen molar-refractivity contribution in [3.63, 3.8) is 0 Å². The lowest BCUT2D eigenvalue weighted by atomic mass is 9.96. The molecule has 17 nitrogen and oxygen atoms in total. The van der Waals surface area contributed by atoms with E-state index in [2.05, 4.69) is 35.6 Å². The summed E-state index contributed by atoms with van der Waals surface area (Å²) in [4.78, 5) is 81.4. The van der Waals surface area contributed by atoms with E-state index >= 15 is 0 Å². The van der Waals surface area contributed by atoms with Crippen LogP contribution in [-0.4, -0.2) is 131 Å². The fourth-order valence-corrected chi connectivity index (χ4v) is 8.62. The third-order valence-corrected chi connectivity index (χ3v) is 13.2. The van der Waals surface area contributed by atoms with Crippen LogP contribution in [0.15, 0.2) is 115 Å². The summed E-state index contributed by atoms with van der Waals surface area (Å²) < 4.78 is 67.3. The predicted molar refractivity (Wildman–Crippen MR) is 251 cm³/mol. The smallest absolute Gasteiger partial charge is 0.338 e. The minimum atomic E-state index is -1.75. The lowest BCUT2D eigenvalue weighted by Crippen LogP contribution is -2.67. The van der Waals surface area contributed by atoms with Gasteiger partial charge in [-0.25, -0.2) is 19.2 Å². The maximum absolute atomic E-state index is 14.2. The molecule has 0 bridgehead atoms. The third-order valence-electron chi connectivity index (χ3n) is 10.8. The predicted octanol–water partition coefficient (Wildman–Crippen LogP) is 6.98. The fraction of sp³-hybridized carbons (Fsp3) is 0.400. The van der Waals surface area contributed by atoms with Crippen LogP contribution in [0.2, 0.25) is 25.7 Å². The van der Waals surface area contributed by atoms with Crippen LogP contribution >= 0.6 is 15.9 Å². The summed E-state index contributed by atoms with van der Waals surface area (Å²) in [6.07, 6.45) is -15.3. The Morgan fingerprint density at radius 1 is 0.522 bits per heavy atom. The molecular weight excluding hydrogens is 981 g/mol. The summed E-state index contributed by atoms with van der Waals surface area (Å²) >= 11 is 3.42. The van der Waals surface area contributed by atoms with E-state index in [-0.39, 0.29) is 34.2 Å². The van der Waals surface area contributed by atoms with E-state index in [1.165, 1.54) is 43.5 Å². The highest BCUT2D eigenvalue weighted by Gasteiger charge is 2.58. The number of hydrogen-bond donors (Lipinski definition) is 0. The SMILES string of the molecule is COc1ccc(C(=O)O[C@@H]2[C@H](OC(C)=O)[C@@H](OC(C)=O)[C@@H](O[C@@H]3[C@H](OC(=O)c4ccccc4)[C@@H](OC(=O)c4ccccc4)[C@H](OCC[Si](C)(C)C)O[C@@H]3COC(=O)c3ccccc3)O[C@@H]2CBr)cc1. The van der Waals surface area contributed by atoms with Crippen LogP contribution in [-0.2, 0) is 57.0 Å². The number of esters is 6. The highest BCUT2D eigenvalue weighted by molar-refractivity contribution is 9.09. The Morgan fingerprint density at radius 3 is 1.45 bits per heavy atom. The van der Waals surface area contributed by atoms with Gasteiger partial charge in [0.25, 0.3) is 0 Å². The van der Waals surface area contributed by atoms with E-state index in [0.29, 0.717) is 11.8 Å². The summed E-state index contributed by atoms with van der Waals surface area (Å²) in [5.74, 6) is -4.53. The van der Waals surface area contributed by atoms with Crippen molar-refractivity contribution in [1.82, 2.24) is 0 Å². The molecule has 368 valence electrons. The summed E-state index contributed by atoms with van der Waals surface area (Å²) in [6, 6.07) is 30.9. The molecule has 0 spiro atoms. The number of methoxy groups -OCH3 is 1. The molecule has 2 aliphatic heterocycles. The van der Waals surface area contributed by atoms with Crippen LogP contribution in [0.25, 0.3) is 0 Å². The first-order valence-corrected chi connectivity index (χ1v) is 27.0. The van der Waals surface area contributed by atoms with Gasteiger partial charge in [0, 0.05) is 33.9 Å². The number of alkyl halides is 1. The number of halogens is 1. The molecular formula is C50H55BrO17Si. The van der Waals surface area contributed by atoms with Gasteiger partial charge in [0.1, 0.15) is 30.7 Å². The molecule has 0 aromatic heterocycles. The number of hydrogen-bond acceptors (Lipinski definition) is 17. The Balaban J connectivity index is 1.46. The van der Waals surface area contributed by atoms with Crippen molar-refractivity contribution in [2.24, 2.45) is 0 Å². The largest absolute Gasteiger partial charge is 0.497 e. The van der Waals surface area contributed by atoms with Gasteiger partial charge < -0.3 is 52.1 Å². The molecule has 4 aromatic rings. The maximum Gasteiger partial charge on any atom is 0.338 e. The van der Waals surface area contributed by atoms with Crippen LogP contribution in [0, 0.1) is 0 Å². The first kappa shape index (κ1) is 52.4. The summed E-state index contributed by atoms with van der Waals surface area (Å²) in [7, 11) is -0.284. The monoisotopic (exact) mass is 1030 g/mol. The van der Waals surface area contributed by atoms with Gasteiger partial charge in [-0.2, -0.15) is 0 Å². The molecule has 6 rings (SSSR count). The zero-order chi connectivity index (χ0) is 49.7. The second-order valence-electron chi connectivity index (χ2n) is 17.2. The molecule has 2 aliphatic rings. The second kappa shape index (κ2) is 24.5. The van der Waals surface area contributed by atoms with Gasteiger partial charge in [-0.3, -0.25) is 9.59 Å². The van der Waals surface area contributed by atoms with Crippen molar-refractivity contribution < 1.29 is 80.9 Å². The molecule has 0 amide bonds. The lowest BCUT2D eigenvalue weighted by molar-refractivity contribution is -0.354. The quantitative estimate of drug-likeness (QED) is 0.0402. The minimum absolute atomic E-state index is 0.0615. The summed E-state index contributed by atoms with van der Waals surface area (Å²) in [5.41, 5.74) is 0.580. The lowest BCUT2D eigenvalue weighted by Gasteiger charge is -2.48. The Labute approximate surface area is 409 Å². The first-order valence-electron chi connectivity index (χ1n) is 22.1. The van der Waals surface area contributed by atoms with Crippen LogP contribution in [0.5, 0.6) is 5.75 Å². The Bertz CT molecular complexity index is 2350. The number of ether oxygens (including phenoxy) is 11. The molecule has 69 heavy (non-hydrogen) atoms.